The molecule has 0 aromatic rings. The molecule has 11 atom stereocenters. The standard InChI is InChI=1S/C54H100NO8P/c1-10-11-12-13-14-15-16-17-18-19-20-21-22-23-24-25-38-61-50(41-56)54(51(57)58,63-64(59,60)62-39-37-55(7,8)9)45-33-35-52(5)44(40-45)29-30-46-48-32-31-47(43(4)28-26-27-42(2)3)53(48,6)36-34-49(46)52/h29,42-43,45-50,56H,10-28,30-41H2,1-9H3,(H-,57,58,59,60)/t43-,45?,46?,47-,48?,49?,50?,52+,53-,54?/m1/s1. The zero-order valence-electron chi connectivity index (χ0n) is 42.9. The van der Waals surface area contributed by atoms with Crippen molar-refractivity contribution in [1.82, 2.24) is 0 Å². The van der Waals surface area contributed by atoms with Crippen molar-refractivity contribution >= 4 is 13.8 Å². The summed E-state index contributed by atoms with van der Waals surface area (Å²) in [6.07, 6.45) is 32.6. The van der Waals surface area contributed by atoms with E-state index < -0.39 is 38.0 Å². The van der Waals surface area contributed by atoms with Crippen LogP contribution in [0.5, 0.6) is 0 Å². The molecule has 4 rings (SSSR count). The molecule has 0 aliphatic heterocycles. The number of aliphatic hydroxyl groups is 1. The van der Waals surface area contributed by atoms with Crippen LogP contribution in [-0.4, -0.2) is 79.9 Å². The summed E-state index contributed by atoms with van der Waals surface area (Å²) in [6.45, 7) is 14.3. The minimum atomic E-state index is -5.14. The molecule has 0 bridgehead atoms. The molecule has 9 nitrogen and oxygen atoms in total. The maximum atomic E-state index is 13.8. The molecule has 0 radical (unpaired) electrons. The third-order valence-electron chi connectivity index (χ3n) is 17.5. The number of unbranched alkanes of at least 4 members (excludes halogenated alkanes) is 15. The minimum absolute atomic E-state index is 0.0859. The fourth-order valence-corrected chi connectivity index (χ4v) is 14.7. The summed E-state index contributed by atoms with van der Waals surface area (Å²) >= 11 is 0. The topological polar surface area (TPSA) is 125 Å². The second-order valence-corrected chi connectivity index (χ2v) is 24.9. The van der Waals surface area contributed by atoms with Crippen molar-refractivity contribution in [3.63, 3.8) is 0 Å². The van der Waals surface area contributed by atoms with Gasteiger partial charge in [-0.3, -0.25) is 9.09 Å². The fraction of sp³-hybridized carbons (Fsp3) is 0.944. The van der Waals surface area contributed by atoms with E-state index in [2.05, 4.69) is 47.6 Å². The van der Waals surface area contributed by atoms with E-state index in [1.165, 1.54) is 128 Å². The normalized spacial score (nSPS) is 29.9. The van der Waals surface area contributed by atoms with Crippen LogP contribution in [0.25, 0.3) is 0 Å². The van der Waals surface area contributed by atoms with Gasteiger partial charge < -0.3 is 28.9 Å². The number of fused-ring (bicyclic) bond motifs is 5. The molecule has 64 heavy (non-hydrogen) atoms. The summed E-state index contributed by atoms with van der Waals surface area (Å²) in [5, 5.41) is 22.1. The average Bonchev–Trinajstić information content (AvgIpc) is 3.59. The quantitative estimate of drug-likeness (QED) is 0.0289. The summed E-state index contributed by atoms with van der Waals surface area (Å²) in [5.41, 5.74) is -0.812. The number of hydrogen-bond donors (Lipinski definition) is 2. The zero-order chi connectivity index (χ0) is 47.0. The number of likely N-dealkylation sites (N-methyl/N-ethyl adjacent to an activating group) is 1. The number of carbonyl (C=O) groups is 1. The van der Waals surface area contributed by atoms with Crippen molar-refractivity contribution in [3.8, 4) is 0 Å². The van der Waals surface area contributed by atoms with E-state index in [0.717, 1.165) is 49.9 Å². The number of carboxylic acid groups (broad SMARTS) is 1. The average molecular weight is 922 g/mol. The number of aliphatic hydroxyl groups excluding tert-OH is 1. The fourth-order valence-electron chi connectivity index (χ4n) is 13.6. The lowest BCUT2D eigenvalue weighted by molar-refractivity contribution is -0.870. The number of ether oxygens (including phenoxy) is 1. The van der Waals surface area contributed by atoms with Crippen LogP contribution in [0.1, 0.15) is 215 Å². The van der Waals surface area contributed by atoms with E-state index in [1.807, 2.05) is 21.1 Å². The number of rotatable bonds is 33. The molecular weight excluding hydrogens is 822 g/mol. The van der Waals surface area contributed by atoms with Crippen molar-refractivity contribution in [1.29, 1.82) is 0 Å². The summed E-state index contributed by atoms with van der Waals surface area (Å²) < 4.78 is 31.8. The maximum Gasteiger partial charge on any atom is 0.339 e. The Balaban J connectivity index is 1.39. The maximum absolute atomic E-state index is 13.8. The van der Waals surface area contributed by atoms with Gasteiger partial charge in [-0.25, -0.2) is 4.79 Å². The van der Waals surface area contributed by atoms with E-state index in [-0.39, 0.29) is 18.6 Å². The Hall–Kier alpha value is -0.800. The van der Waals surface area contributed by atoms with Crippen LogP contribution in [0.3, 0.4) is 0 Å². The van der Waals surface area contributed by atoms with Crippen molar-refractivity contribution in [2.24, 2.45) is 52.3 Å². The van der Waals surface area contributed by atoms with Gasteiger partial charge in [0.2, 0.25) is 5.60 Å². The molecule has 374 valence electrons. The number of quaternary nitrogens is 1. The van der Waals surface area contributed by atoms with Gasteiger partial charge in [-0.05, 0) is 104 Å². The third-order valence-corrected chi connectivity index (χ3v) is 18.5. The summed E-state index contributed by atoms with van der Waals surface area (Å²) in [7, 11) is 0.666. The van der Waals surface area contributed by atoms with Crippen molar-refractivity contribution in [2.45, 2.75) is 227 Å². The van der Waals surface area contributed by atoms with E-state index in [0.29, 0.717) is 53.5 Å². The number of aliphatic carboxylic acids is 1. The molecule has 10 heteroatoms. The van der Waals surface area contributed by atoms with Gasteiger partial charge in [-0.2, -0.15) is 0 Å². The van der Waals surface area contributed by atoms with Gasteiger partial charge in [0, 0.05) is 12.5 Å². The minimum Gasteiger partial charge on any atom is -0.756 e. The molecule has 3 saturated carbocycles. The van der Waals surface area contributed by atoms with Gasteiger partial charge in [0.1, 0.15) is 19.3 Å². The van der Waals surface area contributed by atoms with Crippen LogP contribution in [0.2, 0.25) is 0 Å². The second-order valence-electron chi connectivity index (χ2n) is 23.6. The highest BCUT2D eigenvalue weighted by atomic mass is 31.2. The molecule has 0 amide bonds. The number of phosphoric acid groups is 1. The smallest absolute Gasteiger partial charge is 0.339 e. The van der Waals surface area contributed by atoms with Crippen molar-refractivity contribution in [3.05, 3.63) is 11.6 Å². The van der Waals surface area contributed by atoms with Gasteiger partial charge in [0.25, 0.3) is 7.82 Å². The highest BCUT2D eigenvalue weighted by Gasteiger charge is 2.62. The van der Waals surface area contributed by atoms with Crippen LogP contribution in [0.15, 0.2) is 11.6 Å². The molecule has 0 aromatic heterocycles. The van der Waals surface area contributed by atoms with Crippen molar-refractivity contribution < 1.29 is 42.7 Å². The Labute approximate surface area is 393 Å². The predicted molar refractivity (Wildman–Crippen MR) is 261 cm³/mol. The Morgan fingerprint density at radius 1 is 0.828 bits per heavy atom. The second kappa shape index (κ2) is 26.3. The summed E-state index contributed by atoms with van der Waals surface area (Å²) in [5.74, 6) is 1.97. The number of phosphoric ester groups is 1. The van der Waals surface area contributed by atoms with Gasteiger partial charge >= 0.3 is 5.97 Å². The number of allylic oxidation sites excluding steroid dienone is 2. The number of nitrogens with zero attached hydrogens (tertiary/aromatic N) is 1. The lowest BCUT2D eigenvalue weighted by Crippen LogP contribution is -2.61. The van der Waals surface area contributed by atoms with Crippen molar-refractivity contribution in [2.75, 3.05) is 47.5 Å². The highest BCUT2D eigenvalue weighted by Crippen LogP contribution is 2.68. The molecule has 4 aliphatic rings. The predicted octanol–water partition coefficient (Wildman–Crippen LogP) is 13.3. The lowest BCUT2D eigenvalue weighted by atomic mass is 9.46. The molecule has 3 fully saturated rings. The number of carboxylic acids is 1. The largest absolute Gasteiger partial charge is 0.756 e. The Bertz CT molecular complexity index is 1450. The molecule has 0 saturated heterocycles. The van der Waals surface area contributed by atoms with Crippen LogP contribution >= 0.6 is 7.82 Å². The molecular formula is C54H100NO8P. The third kappa shape index (κ3) is 15.4. The van der Waals surface area contributed by atoms with Gasteiger partial charge in [-0.15, -0.1) is 0 Å². The van der Waals surface area contributed by atoms with Gasteiger partial charge in [0.15, 0.2) is 0 Å². The molecule has 0 spiro atoms. The molecule has 2 N–H and O–H groups in total. The van der Waals surface area contributed by atoms with E-state index in [4.69, 9.17) is 13.8 Å². The van der Waals surface area contributed by atoms with Gasteiger partial charge in [0.05, 0.1) is 27.7 Å². The van der Waals surface area contributed by atoms with E-state index in [9.17, 15) is 24.5 Å². The first-order valence-electron chi connectivity index (χ1n) is 27.0. The zero-order valence-corrected chi connectivity index (χ0v) is 43.7. The Morgan fingerprint density at radius 3 is 1.97 bits per heavy atom. The van der Waals surface area contributed by atoms with Crippen LogP contribution in [0.4, 0.5) is 0 Å². The Morgan fingerprint density at radius 2 is 1.42 bits per heavy atom. The van der Waals surface area contributed by atoms with Crippen LogP contribution < -0.4 is 4.89 Å². The van der Waals surface area contributed by atoms with Crippen LogP contribution in [0, 0.1) is 52.3 Å². The monoisotopic (exact) mass is 922 g/mol. The number of hydrogen-bond acceptors (Lipinski definition) is 7. The van der Waals surface area contributed by atoms with Crippen LogP contribution in [-0.2, 0) is 23.1 Å². The Kier molecular flexibility index (Phi) is 22.9. The summed E-state index contributed by atoms with van der Waals surface area (Å²) in [4.78, 5) is 27.5. The first kappa shape index (κ1) is 55.8. The molecule has 0 heterocycles. The molecule has 0 aromatic carbocycles. The highest BCUT2D eigenvalue weighted by molar-refractivity contribution is 7.46. The lowest BCUT2D eigenvalue weighted by Gasteiger charge is -2.59. The van der Waals surface area contributed by atoms with Gasteiger partial charge in [-0.1, -0.05) is 169 Å². The summed E-state index contributed by atoms with van der Waals surface area (Å²) in [6, 6.07) is 0. The molecule has 7 unspecified atom stereocenters. The first-order chi connectivity index (χ1) is 30.3. The van der Waals surface area contributed by atoms with E-state index in [1.54, 1.807) is 0 Å². The molecule has 4 aliphatic carbocycles. The van der Waals surface area contributed by atoms with E-state index >= 15 is 0 Å². The first-order valence-corrected chi connectivity index (χ1v) is 28.4. The SMILES string of the molecule is CCCCCCCCCCCCCCCCCCOC(CO)C(OP(=O)([O-])OCC[N+](C)(C)C)(C(=O)O)C1CC[C@@]2(C)C(=CCC3C2CC[C@@]2(C)C3CC[C@@H]2[C@H](C)CCCC(C)C)C1.